The summed E-state index contributed by atoms with van der Waals surface area (Å²) >= 11 is 0. The number of hydrogen-bond acceptors (Lipinski definition) is 6. The SMILES string of the molecule is CCN(C=O)CCn1nc(C)c(C(C)(C)O)n1.Cc1cccnc1OCC(F)F. The lowest BCUT2D eigenvalue weighted by atomic mass is 10.0. The fraction of sp³-hybridized carbons (Fsp3) is 0.579. The van der Waals surface area contributed by atoms with Crippen LogP contribution < -0.4 is 4.74 Å². The molecule has 0 unspecified atom stereocenters. The Hall–Kier alpha value is -2.62. The van der Waals surface area contributed by atoms with Crippen molar-refractivity contribution in [2.75, 3.05) is 19.7 Å². The van der Waals surface area contributed by atoms with E-state index in [1.165, 1.54) is 11.0 Å². The number of rotatable bonds is 9. The second-order valence-electron chi connectivity index (χ2n) is 6.85. The Morgan fingerprint density at radius 2 is 2.03 bits per heavy atom. The fourth-order valence-electron chi connectivity index (χ4n) is 2.36. The first-order chi connectivity index (χ1) is 13.6. The number of nitrogens with zero attached hydrogens (tertiary/aromatic N) is 5. The van der Waals surface area contributed by atoms with Gasteiger partial charge in [0.1, 0.15) is 11.3 Å². The van der Waals surface area contributed by atoms with Gasteiger partial charge in [-0.05, 0) is 40.7 Å². The van der Waals surface area contributed by atoms with E-state index in [9.17, 15) is 18.7 Å². The first kappa shape index (κ1) is 24.4. The molecule has 8 nitrogen and oxygen atoms in total. The third kappa shape index (κ3) is 8.51. The van der Waals surface area contributed by atoms with Crippen LogP contribution in [0.25, 0.3) is 0 Å². The number of aromatic nitrogens is 4. The molecule has 1 N–H and O–H groups in total. The van der Waals surface area contributed by atoms with Crippen LogP contribution in [0, 0.1) is 13.8 Å². The Morgan fingerprint density at radius 3 is 2.52 bits per heavy atom. The Morgan fingerprint density at radius 1 is 1.34 bits per heavy atom. The molecule has 0 saturated carbocycles. The quantitative estimate of drug-likeness (QED) is 0.634. The number of aliphatic hydroxyl groups is 1. The van der Waals surface area contributed by atoms with Crippen LogP contribution in [0.15, 0.2) is 18.3 Å². The minimum Gasteiger partial charge on any atom is -0.471 e. The Balaban J connectivity index is 0.000000308. The molecule has 0 saturated heterocycles. The average molecular weight is 413 g/mol. The predicted octanol–water partition coefficient (Wildman–Crippen LogP) is 2.33. The summed E-state index contributed by atoms with van der Waals surface area (Å²) in [4.78, 5) is 17.6. The molecule has 0 aliphatic carbocycles. The van der Waals surface area contributed by atoms with Crippen molar-refractivity contribution in [2.24, 2.45) is 0 Å². The molecule has 0 aliphatic rings. The number of likely N-dealkylation sites (N-methyl/N-ethyl adjacent to an activating group) is 1. The lowest BCUT2D eigenvalue weighted by molar-refractivity contribution is -0.118. The summed E-state index contributed by atoms with van der Waals surface area (Å²) in [5.74, 6) is 0.276. The lowest BCUT2D eigenvalue weighted by Crippen LogP contribution is -2.26. The van der Waals surface area contributed by atoms with Gasteiger partial charge < -0.3 is 14.7 Å². The molecule has 2 heterocycles. The van der Waals surface area contributed by atoms with Gasteiger partial charge in [0.2, 0.25) is 12.3 Å². The maximum atomic E-state index is 11.7. The summed E-state index contributed by atoms with van der Waals surface area (Å²) in [6.45, 7) is 10.0. The van der Waals surface area contributed by atoms with E-state index in [0.717, 1.165) is 12.0 Å². The van der Waals surface area contributed by atoms with E-state index in [-0.39, 0.29) is 5.88 Å². The Bertz CT molecular complexity index is 763. The molecule has 0 fully saturated rings. The van der Waals surface area contributed by atoms with Crippen molar-refractivity contribution in [1.29, 1.82) is 0 Å². The minimum absolute atomic E-state index is 0.276. The minimum atomic E-state index is -2.45. The van der Waals surface area contributed by atoms with E-state index in [2.05, 4.69) is 15.2 Å². The van der Waals surface area contributed by atoms with Gasteiger partial charge >= 0.3 is 0 Å². The third-order valence-electron chi connectivity index (χ3n) is 3.85. The number of hydrogen-bond donors (Lipinski definition) is 1. The summed E-state index contributed by atoms with van der Waals surface area (Å²) < 4.78 is 28.1. The van der Waals surface area contributed by atoms with Crippen LogP contribution >= 0.6 is 0 Å². The number of halogens is 2. The van der Waals surface area contributed by atoms with Crippen LogP contribution in [0.5, 0.6) is 5.88 Å². The highest BCUT2D eigenvalue weighted by atomic mass is 19.3. The van der Waals surface area contributed by atoms with Crippen molar-refractivity contribution < 1.29 is 23.4 Å². The van der Waals surface area contributed by atoms with E-state index in [1.54, 1.807) is 37.8 Å². The number of ether oxygens (including phenoxy) is 1. The molecule has 2 aromatic rings. The molecular formula is C19H29F2N5O3. The molecule has 0 aliphatic heterocycles. The third-order valence-corrected chi connectivity index (χ3v) is 3.85. The first-order valence-electron chi connectivity index (χ1n) is 9.25. The summed E-state index contributed by atoms with van der Waals surface area (Å²) in [7, 11) is 0. The van der Waals surface area contributed by atoms with Crippen molar-refractivity contribution in [3.8, 4) is 5.88 Å². The van der Waals surface area contributed by atoms with E-state index >= 15 is 0 Å². The van der Waals surface area contributed by atoms with Crippen molar-refractivity contribution in [3.63, 3.8) is 0 Å². The fourth-order valence-corrected chi connectivity index (χ4v) is 2.36. The predicted molar refractivity (Wildman–Crippen MR) is 104 cm³/mol. The van der Waals surface area contributed by atoms with Gasteiger partial charge in [0.25, 0.3) is 6.43 Å². The second-order valence-corrected chi connectivity index (χ2v) is 6.85. The first-order valence-corrected chi connectivity index (χ1v) is 9.25. The maximum absolute atomic E-state index is 11.7. The molecule has 0 radical (unpaired) electrons. The number of carbonyl (C=O) groups is 1. The van der Waals surface area contributed by atoms with Crippen molar-refractivity contribution in [3.05, 3.63) is 35.3 Å². The van der Waals surface area contributed by atoms with E-state index in [0.29, 0.717) is 31.0 Å². The molecule has 2 aromatic heterocycles. The standard InChI is InChI=1S/C11H20N4O2.C8H9F2NO/c1-5-14(8-16)6-7-15-12-9(2)10(13-15)11(3,4)17;1-6-3-2-4-11-8(6)12-5-7(9)10/h8,17H,5-7H2,1-4H3;2-4,7H,5H2,1H3. The summed E-state index contributed by atoms with van der Waals surface area (Å²) in [6.07, 6.45) is -0.132. The molecule has 1 amide bonds. The zero-order chi connectivity index (χ0) is 22.0. The lowest BCUT2D eigenvalue weighted by Gasteiger charge is -2.14. The molecular weight excluding hydrogens is 384 g/mol. The molecule has 0 atom stereocenters. The van der Waals surface area contributed by atoms with Gasteiger partial charge in [-0.1, -0.05) is 6.07 Å². The van der Waals surface area contributed by atoms with Gasteiger partial charge in [-0.25, -0.2) is 13.8 Å². The van der Waals surface area contributed by atoms with Gasteiger partial charge in [-0.2, -0.15) is 15.0 Å². The van der Waals surface area contributed by atoms with Gasteiger partial charge in [-0.15, -0.1) is 0 Å². The van der Waals surface area contributed by atoms with Crippen molar-refractivity contribution in [1.82, 2.24) is 24.9 Å². The summed E-state index contributed by atoms with van der Waals surface area (Å²) in [6, 6.07) is 3.48. The highest BCUT2D eigenvalue weighted by molar-refractivity contribution is 5.46. The van der Waals surface area contributed by atoms with Crippen LogP contribution in [0.4, 0.5) is 8.78 Å². The van der Waals surface area contributed by atoms with Gasteiger partial charge in [-0.3, -0.25) is 4.79 Å². The molecule has 162 valence electrons. The Kier molecular flexibility index (Phi) is 9.60. The molecule has 29 heavy (non-hydrogen) atoms. The zero-order valence-electron chi connectivity index (χ0n) is 17.5. The van der Waals surface area contributed by atoms with Crippen LogP contribution in [-0.2, 0) is 16.9 Å². The monoisotopic (exact) mass is 413 g/mol. The van der Waals surface area contributed by atoms with Crippen LogP contribution in [0.1, 0.15) is 37.7 Å². The van der Waals surface area contributed by atoms with Crippen LogP contribution in [-0.4, -0.2) is 62.5 Å². The van der Waals surface area contributed by atoms with Crippen molar-refractivity contribution in [2.45, 2.75) is 53.2 Å². The highest BCUT2D eigenvalue weighted by Crippen LogP contribution is 2.19. The smallest absolute Gasteiger partial charge is 0.272 e. The highest BCUT2D eigenvalue weighted by Gasteiger charge is 2.23. The van der Waals surface area contributed by atoms with Gasteiger partial charge in [0.05, 0.1) is 12.2 Å². The molecule has 0 bridgehead atoms. The average Bonchev–Trinajstić information content (AvgIpc) is 3.03. The number of amides is 1. The second kappa shape index (κ2) is 11.4. The maximum Gasteiger partial charge on any atom is 0.272 e. The number of pyridine rings is 1. The van der Waals surface area contributed by atoms with E-state index in [4.69, 9.17) is 4.74 Å². The molecule has 0 aromatic carbocycles. The zero-order valence-corrected chi connectivity index (χ0v) is 17.5. The summed E-state index contributed by atoms with van der Waals surface area (Å²) in [5, 5.41) is 18.3. The normalized spacial score (nSPS) is 11.1. The number of carbonyl (C=O) groups excluding carboxylic acids is 1. The van der Waals surface area contributed by atoms with Gasteiger partial charge in [0.15, 0.2) is 6.61 Å². The Labute approximate surface area is 169 Å². The number of aryl methyl sites for hydroxylation is 2. The molecule has 0 spiro atoms. The van der Waals surface area contributed by atoms with E-state index < -0.39 is 18.6 Å². The largest absolute Gasteiger partial charge is 0.471 e. The summed E-state index contributed by atoms with van der Waals surface area (Å²) in [5.41, 5.74) is 1.06. The van der Waals surface area contributed by atoms with Crippen LogP contribution in [0.3, 0.4) is 0 Å². The topological polar surface area (TPSA) is 93.4 Å². The van der Waals surface area contributed by atoms with Crippen LogP contribution in [0.2, 0.25) is 0 Å². The van der Waals surface area contributed by atoms with Gasteiger partial charge in [0, 0.05) is 24.8 Å². The molecule has 2 rings (SSSR count). The number of alkyl halides is 2. The molecule has 10 heteroatoms. The van der Waals surface area contributed by atoms with Crippen molar-refractivity contribution >= 4 is 6.41 Å². The van der Waals surface area contributed by atoms with E-state index in [1.807, 2.05) is 13.8 Å².